The van der Waals surface area contributed by atoms with E-state index in [1.807, 2.05) is 6.07 Å². The molecule has 0 radical (unpaired) electrons. The van der Waals surface area contributed by atoms with Gasteiger partial charge in [-0.1, -0.05) is 19.6 Å². The fraction of sp³-hybridized carbons (Fsp3) is 0.438. The van der Waals surface area contributed by atoms with Gasteiger partial charge in [0, 0.05) is 25.4 Å². The number of rotatable bonds is 6. The lowest BCUT2D eigenvalue weighted by Crippen LogP contribution is -2.22. The normalized spacial score (nSPS) is 12.2. The van der Waals surface area contributed by atoms with Crippen LogP contribution in [-0.4, -0.2) is 47.5 Å². The average molecular weight is 425 g/mol. The molecule has 0 aliphatic rings. The lowest BCUT2D eigenvalue weighted by Gasteiger charge is -2.15. The molecule has 0 aromatic carbocycles. The monoisotopic (exact) mass is 424 g/mol. The van der Waals surface area contributed by atoms with Crippen molar-refractivity contribution in [2.45, 2.75) is 32.4 Å². The number of esters is 1. The average Bonchev–Trinajstić information content (AvgIpc) is 3.06. The van der Waals surface area contributed by atoms with E-state index in [4.69, 9.17) is 9.47 Å². The molecule has 3 heterocycles. The molecular weight excluding hydrogens is 404 g/mol. The Hall–Kier alpha value is -1.71. The minimum atomic E-state index is -1.16. The molecule has 134 valence electrons. The van der Waals surface area contributed by atoms with Gasteiger partial charge in [-0.25, -0.2) is 9.48 Å². The highest BCUT2D eigenvalue weighted by Gasteiger charge is 2.23. The molecule has 0 atom stereocenters. The molecule has 7 nitrogen and oxygen atoms in total. The maximum absolute atomic E-state index is 12.1. The largest absolute Gasteiger partial charge is 0.464 e. The summed E-state index contributed by atoms with van der Waals surface area (Å²) in [5.74, 6) is -0.489. The Bertz CT molecular complexity index is 929. The van der Waals surface area contributed by atoms with Crippen molar-refractivity contribution in [3.63, 3.8) is 0 Å². The molecule has 0 unspecified atom stereocenters. The summed E-state index contributed by atoms with van der Waals surface area (Å²) in [5.41, 5.74) is 3.16. The molecule has 0 aliphatic carbocycles. The van der Waals surface area contributed by atoms with Crippen LogP contribution in [0.4, 0.5) is 0 Å². The molecule has 25 heavy (non-hydrogen) atoms. The Morgan fingerprint density at radius 1 is 1.40 bits per heavy atom. The molecule has 0 fully saturated rings. The fourth-order valence-electron chi connectivity index (χ4n) is 2.54. The van der Waals surface area contributed by atoms with Gasteiger partial charge >= 0.3 is 5.97 Å². The van der Waals surface area contributed by atoms with E-state index in [1.165, 1.54) is 7.11 Å². The quantitative estimate of drug-likeness (QED) is 0.369. The Morgan fingerprint density at radius 2 is 2.16 bits per heavy atom. The van der Waals surface area contributed by atoms with Crippen molar-refractivity contribution in [2.75, 3.05) is 13.7 Å². The zero-order valence-electron chi connectivity index (χ0n) is 14.7. The number of pyridine rings is 1. The number of H-pyrrole nitrogens is 1. The van der Waals surface area contributed by atoms with Crippen molar-refractivity contribution in [1.29, 1.82) is 0 Å². The van der Waals surface area contributed by atoms with E-state index in [1.54, 1.807) is 10.9 Å². The van der Waals surface area contributed by atoms with Crippen molar-refractivity contribution in [2.24, 2.45) is 0 Å². The Morgan fingerprint density at radius 3 is 2.84 bits per heavy atom. The number of halogens is 1. The standard InChI is InChI=1S/C16H21BrN4O3Si/c1-23-16(22)14-13-15(12-11(19-13)7-10(17)8-18-12)21(20-14)9-24-5-6-25(2,3)4/h7-8,19H,5-6,9H2,1-4H3. The van der Waals surface area contributed by atoms with Crippen LogP contribution in [0.5, 0.6) is 0 Å². The number of aromatic amines is 1. The third-order valence-corrected chi connectivity index (χ3v) is 6.02. The molecule has 0 saturated heterocycles. The summed E-state index contributed by atoms with van der Waals surface area (Å²) in [6.07, 6.45) is 1.72. The number of ether oxygens (including phenoxy) is 2. The molecule has 0 amide bonds. The van der Waals surface area contributed by atoms with Crippen molar-refractivity contribution >= 4 is 52.0 Å². The molecule has 0 bridgehead atoms. The van der Waals surface area contributed by atoms with Crippen LogP contribution in [-0.2, 0) is 16.2 Å². The topological polar surface area (TPSA) is 82.0 Å². The van der Waals surface area contributed by atoms with Crippen LogP contribution in [0.2, 0.25) is 25.7 Å². The smallest absolute Gasteiger partial charge is 0.360 e. The van der Waals surface area contributed by atoms with Crippen molar-refractivity contribution in [3.8, 4) is 0 Å². The maximum Gasteiger partial charge on any atom is 0.360 e. The van der Waals surface area contributed by atoms with Gasteiger partial charge in [-0.2, -0.15) is 5.10 Å². The highest BCUT2D eigenvalue weighted by atomic mass is 79.9. The van der Waals surface area contributed by atoms with Crippen LogP contribution in [0.25, 0.3) is 22.1 Å². The van der Waals surface area contributed by atoms with E-state index in [9.17, 15) is 4.79 Å². The highest BCUT2D eigenvalue weighted by Crippen LogP contribution is 2.28. The number of aromatic nitrogens is 4. The molecule has 0 saturated carbocycles. The van der Waals surface area contributed by atoms with Gasteiger partial charge < -0.3 is 14.5 Å². The number of hydrogen-bond donors (Lipinski definition) is 1. The first-order chi connectivity index (χ1) is 11.8. The summed E-state index contributed by atoms with van der Waals surface area (Å²) < 4.78 is 13.2. The number of hydrogen-bond acceptors (Lipinski definition) is 5. The first-order valence-electron chi connectivity index (χ1n) is 8.00. The molecule has 9 heteroatoms. The fourth-order valence-corrected chi connectivity index (χ4v) is 3.63. The Balaban J connectivity index is 1.98. The van der Waals surface area contributed by atoms with Crippen LogP contribution in [0.1, 0.15) is 10.5 Å². The van der Waals surface area contributed by atoms with E-state index < -0.39 is 14.0 Å². The third-order valence-electron chi connectivity index (χ3n) is 3.88. The summed E-state index contributed by atoms with van der Waals surface area (Å²) in [5, 5.41) is 4.37. The van der Waals surface area contributed by atoms with Gasteiger partial charge in [0.1, 0.15) is 23.3 Å². The second-order valence-corrected chi connectivity index (χ2v) is 13.6. The lowest BCUT2D eigenvalue weighted by atomic mass is 10.3. The second-order valence-electron chi connectivity index (χ2n) is 7.09. The molecule has 3 aromatic rings. The SMILES string of the molecule is COC(=O)c1nn(COCC[Si](C)(C)C)c2c1[nH]c1cc(Br)cnc12. The van der Waals surface area contributed by atoms with Gasteiger partial charge in [0.2, 0.25) is 0 Å². The summed E-state index contributed by atoms with van der Waals surface area (Å²) in [4.78, 5) is 19.7. The summed E-state index contributed by atoms with van der Waals surface area (Å²) >= 11 is 3.41. The zero-order chi connectivity index (χ0) is 18.2. The van der Waals surface area contributed by atoms with Crippen LogP contribution < -0.4 is 0 Å². The van der Waals surface area contributed by atoms with Crippen LogP contribution >= 0.6 is 15.9 Å². The van der Waals surface area contributed by atoms with Crippen LogP contribution in [0, 0.1) is 0 Å². The summed E-state index contributed by atoms with van der Waals surface area (Å²) in [6.45, 7) is 7.85. The Labute approximate surface area is 154 Å². The van der Waals surface area contributed by atoms with Gasteiger partial charge in [0.05, 0.1) is 12.6 Å². The van der Waals surface area contributed by atoms with E-state index >= 15 is 0 Å². The first-order valence-corrected chi connectivity index (χ1v) is 12.5. The predicted octanol–water partition coefficient (Wildman–Crippen LogP) is 3.77. The van der Waals surface area contributed by atoms with E-state index in [0.29, 0.717) is 12.1 Å². The maximum atomic E-state index is 12.1. The van der Waals surface area contributed by atoms with Gasteiger partial charge in [-0.05, 0) is 28.0 Å². The number of carbonyl (C=O) groups excluding carboxylic acids is 1. The van der Waals surface area contributed by atoms with E-state index in [0.717, 1.165) is 27.1 Å². The molecule has 3 rings (SSSR count). The summed E-state index contributed by atoms with van der Waals surface area (Å²) in [6, 6.07) is 2.99. The number of carbonyl (C=O) groups is 1. The van der Waals surface area contributed by atoms with Gasteiger partial charge in [-0.3, -0.25) is 4.98 Å². The molecule has 0 aliphatic heterocycles. The van der Waals surface area contributed by atoms with Crippen molar-refractivity contribution in [3.05, 3.63) is 22.4 Å². The minimum Gasteiger partial charge on any atom is -0.464 e. The highest BCUT2D eigenvalue weighted by molar-refractivity contribution is 9.10. The lowest BCUT2D eigenvalue weighted by molar-refractivity contribution is 0.0585. The number of nitrogens with zero attached hydrogens (tertiary/aromatic N) is 3. The molecule has 1 N–H and O–H groups in total. The molecule has 3 aromatic heterocycles. The minimum absolute atomic E-state index is 0.236. The van der Waals surface area contributed by atoms with Crippen LogP contribution in [0.3, 0.4) is 0 Å². The predicted molar refractivity (Wildman–Crippen MR) is 103 cm³/mol. The molecule has 0 spiro atoms. The van der Waals surface area contributed by atoms with Gasteiger partial charge in [0.25, 0.3) is 0 Å². The number of methoxy groups -OCH3 is 1. The van der Waals surface area contributed by atoms with Gasteiger partial charge in [0.15, 0.2) is 5.69 Å². The van der Waals surface area contributed by atoms with E-state index in [-0.39, 0.29) is 12.4 Å². The summed E-state index contributed by atoms with van der Waals surface area (Å²) in [7, 11) is 0.185. The Kier molecular flexibility index (Phi) is 4.98. The van der Waals surface area contributed by atoms with E-state index in [2.05, 4.69) is 50.6 Å². The number of fused-ring (bicyclic) bond motifs is 3. The van der Waals surface area contributed by atoms with Gasteiger partial charge in [-0.15, -0.1) is 0 Å². The molecular formula is C16H21BrN4O3Si. The third kappa shape index (κ3) is 3.78. The van der Waals surface area contributed by atoms with Crippen molar-refractivity contribution in [1.82, 2.24) is 19.7 Å². The first kappa shape index (κ1) is 18.1. The zero-order valence-corrected chi connectivity index (χ0v) is 17.3. The van der Waals surface area contributed by atoms with Crippen LogP contribution in [0.15, 0.2) is 16.7 Å². The number of nitrogens with one attached hydrogen (secondary N) is 1. The van der Waals surface area contributed by atoms with Crippen molar-refractivity contribution < 1.29 is 14.3 Å². The second kappa shape index (κ2) is 6.89.